The predicted molar refractivity (Wildman–Crippen MR) is 127 cm³/mol. The van der Waals surface area contributed by atoms with E-state index in [9.17, 15) is 9.59 Å². The quantitative estimate of drug-likeness (QED) is 0.548. The summed E-state index contributed by atoms with van der Waals surface area (Å²) in [5.41, 5.74) is 1.75. The Labute approximate surface area is 185 Å². The fraction of sp³-hybridized carbons (Fsp3) is 0.455. The summed E-state index contributed by atoms with van der Waals surface area (Å²) in [5.74, 6) is 0.422. The number of hydrogen-bond donors (Lipinski definition) is 1. The Morgan fingerprint density at radius 3 is 2.80 bits per heavy atom. The molecule has 4 rings (SSSR count). The van der Waals surface area contributed by atoms with E-state index in [-0.39, 0.29) is 17.5 Å². The number of carbonyl (C=O) groups excluding carboxylic acids is 1. The van der Waals surface area contributed by atoms with Gasteiger partial charge in [-0.05, 0) is 43.9 Å². The number of fused-ring (bicyclic) bond motifs is 1. The van der Waals surface area contributed by atoms with Gasteiger partial charge in [-0.1, -0.05) is 56.2 Å². The van der Waals surface area contributed by atoms with Gasteiger partial charge in [0.2, 0.25) is 0 Å². The van der Waals surface area contributed by atoms with Crippen molar-refractivity contribution in [2.24, 2.45) is 0 Å². The molecule has 1 amide bonds. The number of rotatable bonds is 5. The van der Waals surface area contributed by atoms with Gasteiger partial charge in [-0.25, -0.2) is 4.98 Å². The lowest BCUT2D eigenvalue weighted by Crippen LogP contribution is -2.39. The van der Waals surface area contributed by atoms with Crippen LogP contribution in [-0.2, 0) is 4.79 Å². The van der Waals surface area contributed by atoms with E-state index >= 15 is 0 Å². The highest BCUT2D eigenvalue weighted by molar-refractivity contribution is 8.26. The summed E-state index contributed by atoms with van der Waals surface area (Å²) < 4.78 is 2.13. The molecule has 1 N–H and O–H groups in total. The SMILES string of the molecule is CCCNc1nc2c(C)cccn2c(=O)c1/C=C1\SC(=S)N(C2CCCCC2)C1=O. The number of nitrogens with zero attached hydrogens (tertiary/aromatic N) is 3. The van der Waals surface area contributed by atoms with Crippen LogP contribution in [0.15, 0.2) is 28.0 Å². The molecule has 2 aromatic rings. The molecule has 1 saturated carbocycles. The first kappa shape index (κ1) is 21.1. The van der Waals surface area contributed by atoms with Crippen molar-refractivity contribution in [1.29, 1.82) is 0 Å². The minimum absolute atomic E-state index is 0.0907. The van der Waals surface area contributed by atoms with Crippen LogP contribution in [0.3, 0.4) is 0 Å². The second-order valence-electron chi connectivity index (χ2n) is 7.83. The lowest BCUT2D eigenvalue weighted by atomic mass is 9.94. The summed E-state index contributed by atoms with van der Waals surface area (Å²) in [6.45, 7) is 4.68. The summed E-state index contributed by atoms with van der Waals surface area (Å²) in [5, 5.41) is 3.26. The average molecular weight is 443 g/mol. The monoisotopic (exact) mass is 442 g/mol. The highest BCUT2D eigenvalue weighted by atomic mass is 32.2. The van der Waals surface area contributed by atoms with E-state index in [1.807, 2.05) is 19.1 Å². The van der Waals surface area contributed by atoms with E-state index in [1.54, 1.807) is 21.6 Å². The fourth-order valence-electron chi connectivity index (χ4n) is 4.08. The van der Waals surface area contributed by atoms with Crippen molar-refractivity contribution in [2.45, 2.75) is 58.4 Å². The number of carbonyl (C=O) groups is 1. The third kappa shape index (κ3) is 3.90. The second kappa shape index (κ2) is 8.89. The van der Waals surface area contributed by atoms with Gasteiger partial charge in [0, 0.05) is 18.8 Å². The zero-order valence-electron chi connectivity index (χ0n) is 17.3. The molecule has 0 atom stereocenters. The van der Waals surface area contributed by atoms with Gasteiger partial charge in [-0.15, -0.1) is 0 Å². The van der Waals surface area contributed by atoms with Crippen molar-refractivity contribution in [3.8, 4) is 0 Å². The van der Waals surface area contributed by atoms with Crippen LogP contribution in [0.5, 0.6) is 0 Å². The van der Waals surface area contributed by atoms with Crippen LogP contribution >= 0.6 is 24.0 Å². The lowest BCUT2D eigenvalue weighted by molar-refractivity contribution is -0.124. The topological polar surface area (TPSA) is 66.7 Å². The van der Waals surface area contributed by atoms with Crippen LogP contribution in [0.4, 0.5) is 5.82 Å². The largest absolute Gasteiger partial charge is 0.369 e. The van der Waals surface area contributed by atoms with Crippen molar-refractivity contribution in [2.75, 3.05) is 11.9 Å². The molecule has 3 heterocycles. The van der Waals surface area contributed by atoms with Crippen molar-refractivity contribution in [3.05, 3.63) is 44.7 Å². The number of aromatic nitrogens is 2. The molecule has 0 radical (unpaired) electrons. The molecular formula is C22H26N4O2S2. The maximum Gasteiger partial charge on any atom is 0.267 e. The number of aryl methyl sites for hydroxylation is 1. The highest BCUT2D eigenvalue weighted by Crippen LogP contribution is 2.37. The third-order valence-electron chi connectivity index (χ3n) is 5.67. The summed E-state index contributed by atoms with van der Waals surface area (Å²) in [6, 6.07) is 3.94. The first-order valence-corrected chi connectivity index (χ1v) is 11.8. The smallest absolute Gasteiger partial charge is 0.267 e. The Hall–Kier alpha value is -2.19. The van der Waals surface area contributed by atoms with Crippen LogP contribution in [0.2, 0.25) is 0 Å². The summed E-state index contributed by atoms with van der Waals surface area (Å²) in [6.07, 6.45) is 9.73. The van der Waals surface area contributed by atoms with Crippen molar-refractivity contribution < 1.29 is 4.79 Å². The molecule has 1 aliphatic carbocycles. The molecule has 0 bridgehead atoms. The van der Waals surface area contributed by atoms with Crippen molar-refractivity contribution in [1.82, 2.24) is 14.3 Å². The minimum Gasteiger partial charge on any atom is -0.369 e. The van der Waals surface area contributed by atoms with Crippen LogP contribution in [0, 0.1) is 6.92 Å². The first-order valence-electron chi connectivity index (χ1n) is 10.5. The number of pyridine rings is 1. The molecular weight excluding hydrogens is 416 g/mol. The number of thiocarbonyl (C=S) groups is 1. The highest BCUT2D eigenvalue weighted by Gasteiger charge is 2.37. The van der Waals surface area contributed by atoms with Crippen LogP contribution in [-0.4, -0.2) is 37.1 Å². The Morgan fingerprint density at radius 1 is 1.30 bits per heavy atom. The van der Waals surface area contributed by atoms with Gasteiger partial charge in [0.05, 0.1) is 10.5 Å². The van der Waals surface area contributed by atoms with Crippen molar-refractivity contribution >= 4 is 51.7 Å². The molecule has 30 heavy (non-hydrogen) atoms. The summed E-state index contributed by atoms with van der Waals surface area (Å²) in [7, 11) is 0. The van der Waals surface area contributed by atoms with Gasteiger partial charge in [0.1, 0.15) is 15.8 Å². The number of amides is 1. The number of thioether (sulfide) groups is 1. The number of hydrogen-bond acceptors (Lipinski definition) is 6. The van der Waals surface area contributed by atoms with Crippen molar-refractivity contribution in [3.63, 3.8) is 0 Å². The van der Waals surface area contributed by atoms with E-state index in [2.05, 4.69) is 12.2 Å². The molecule has 2 fully saturated rings. The standard InChI is InChI=1S/C22H26N4O2S2/c1-3-11-23-18-16(20(27)25-12-7-8-14(2)19(25)24-18)13-17-21(28)26(22(29)30-17)15-9-5-4-6-10-15/h7-8,12-13,15,23H,3-6,9-11H2,1-2H3/b17-13-. The first-order chi connectivity index (χ1) is 14.5. The molecule has 0 spiro atoms. The van der Waals surface area contributed by atoms with Gasteiger partial charge in [0.15, 0.2) is 0 Å². The van der Waals surface area contributed by atoms with Crippen LogP contribution in [0.1, 0.15) is 56.6 Å². The molecule has 158 valence electrons. The molecule has 2 aromatic heterocycles. The third-order valence-corrected chi connectivity index (χ3v) is 7.00. The molecule has 1 aliphatic heterocycles. The molecule has 6 nitrogen and oxygen atoms in total. The van der Waals surface area contributed by atoms with E-state index in [0.717, 1.165) is 37.7 Å². The molecule has 8 heteroatoms. The zero-order chi connectivity index (χ0) is 21.3. The summed E-state index contributed by atoms with van der Waals surface area (Å²) >= 11 is 6.82. The maximum absolute atomic E-state index is 13.3. The number of anilines is 1. The maximum atomic E-state index is 13.3. The van der Waals surface area contributed by atoms with Gasteiger partial charge in [-0.3, -0.25) is 18.9 Å². The van der Waals surface area contributed by atoms with E-state index in [4.69, 9.17) is 17.2 Å². The fourth-order valence-corrected chi connectivity index (χ4v) is 5.47. The van der Waals surface area contributed by atoms with E-state index in [1.165, 1.54) is 18.2 Å². The van der Waals surface area contributed by atoms with Gasteiger partial charge in [0.25, 0.3) is 11.5 Å². The molecule has 0 aromatic carbocycles. The minimum atomic E-state index is -0.190. The Kier molecular flexibility index (Phi) is 6.24. The van der Waals surface area contributed by atoms with E-state index < -0.39 is 0 Å². The lowest BCUT2D eigenvalue weighted by Gasteiger charge is -2.29. The predicted octanol–water partition coefficient (Wildman–Crippen LogP) is 4.36. The molecule has 1 saturated heterocycles. The Balaban J connectivity index is 1.77. The van der Waals surface area contributed by atoms with Gasteiger partial charge >= 0.3 is 0 Å². The van der Waals surface area contributed by atoms with Crippen LogP contribution in [0.25, 0.3) is 11.7 Å². The van der Waals surface area contributed by atoms with E-state index in [0.29, 0.717) is 32.8 Å². The number of nitrogens with one attached hydrogen (secondary N) is 1. The Bertz CT molecular complexity index is 1090. The average Bonchev–Trinajstić information content (AvgIpc) is 3.03. The molecule has 0 unspecified atom stereocenters. The normalized spacial score (nSPS) is 19.3. The van der Waals surface area contributed by atoms with Gasteiger partial charge < -0.3 is 5.32 Å². The van der Waals surface area contributed by atoms with Gasteiger partial charge in [-0.2, -0.15) is 0 Å². The van der Waals surface area contributed by atoms with Crippen LogP contribution < -0.4 is 10.9 Å². The summed E-state index contributed by atoms with van der Waals surface area (Å²) in [4.78, 5) is 33.4. The Morgan fingerprint density at radius 2 is 2.07 bits per heavy atom. The molecule has 2 aliphatic rings. The second-order valence-corrected chi connectivity index (χ2v) is 9.51. The zero-order valence-corrected chi connectivity index (χ0v) is 18.9.